The number of halogens is 1. The molecule has 0 aliphatic heterocycles. The van der Waals surface area contributed by atoms with Gasteiger partial charge in [0.25, 0.3) is 0 Å². The van der Waals surface area contributed by atoms with Gasteiger partial charge in [0.15, 0.2) is 0 Å². The highest BCUT2D eigenvalue weighted by molar-refractivity contribution is 5.96. The fourth-order valence-electron chi connectivity index (χ4n) is 2.73. The van der Waals surface area contributed by atoms with E-state index < -0.39 is 12.0 Å². The summed E-state index contributed by atoms with van der Waals surface area (Å²) in [6.45, 7) is 3.50. The Labute approximate surface area is 147 Å². The second kappa shape index (κ2) is 8.42. The molecule has 0 aliphatic rings. The maximum absolute atomic E-state index is 13.1. The van der Waals surface area contributed by atoms with Crippen LogP contribution in [0.4, 0.5) is 9.18 Å². The van der Waals surface area contributed by atoms with E-state index in [1.807, 2.05) is 30.3 Å². The van der Waals surface area contributed by atoms with Gasteiger partial charge in [0.05, 0.1) is 13.0 Å². The van der Waals surface area contributed by atoms with E-state index in [0.717, 1.165) is 10.5 Å². The van der Waals surface area contributed by atoms with Crippen LogP contribution in [-0.4, -0.2) is 30.1 Å². The molecule has 2 amide bonds. The molecule has 0 radical (unpaired) electrons. The molecule has 0 aromatic heterocycles. The van der Waals surface area contributed by atoms with Crippen molar-refractivity contribution in [2.75, 3.05) is 7.11 Å². The molecule has 0 unspecified atom stereocenters. The number of nitrogens with zero attached hydrogens (tertiary/aromatic N) is 1. The summed E-state index contributed by atoms with van der Waals surface area (Å²) in [7, 11) is 1.25. The van der Waals surface area contributed by atoms with E-state index in [9.17, 15) is 14.0 Å². The second-order valence-corrected chi connectivity index (χ2v) is 5.99. The number of carbonyl (C=O) groups excluding carboxylic acids is 2. The Bertz CT molecular complexity index is 715. The number of amides is 2. The van der Waals surface area contributed by atoms with E-state index in [1.165, 1.54) is 19.2 Å². The van der Waals surface area contributed by atoms with E-state index in [2.05, 4.69) is 0 Å². The monoisotopic (exact) mass is 343 g/mol. The third-order valence-corrected chi connectivity index (χ3v) is 4.16. The normalized spacial score (nSPS) is 13.0. The molecular formula is C20H22FNO3. The molecule has 2 aromatic carbocycles. The van der Waals surface area contributed by atoms with Crippen molar-refractivity contribution in [3.8, 4) is 0 Å². The predicted octanol–water partition coefficient (Wildman–Crippen LogP) is 4.16. The summed E-state index contributed by atoms with van der Waals surface area (Å²) in [6, 6.07) is 15.0. The zero-order valence-corrected chi connectivity index (χ0v) is 14.6. The smallest absolute Gasteiger partial charge is 0.416 e. The molecule has 25 heavy (non-hydrogen) atoms. The summed E-state index contributed by atoms with van der Waals surface area (Å²) in [5.74, 6) is -1.33. The first-order valence-corrected chi connectivity index (χ1v) is 8.14. The first kappa shape index (κ1) is 18.6. The number of imide groups is 1. The molecule has 2 atom stereocenters. The van der Waals surface area contributed by atoms with Crippen molar-refractivity contribution in [2.45, 2.75) is 32.2 Å². The Kier molecular flexibility index (Phi) is 6.28. The average molecular weight is 343 g/mol. The van der Waals surface area contributed by atoms with E-state index >= 15 is 0 Å². The van der Waals surface area contributed by atoms with E-state index in [-0.39, 0.29) is 17.8 Å². The Morgan fingerprint density at radius 3 is 2.20 bits per heavy atom. The van der Waals surface area contributed by atoms with Crippen LogP contribution in [0.5, 0.6) is 0 Å². The quantitative estimate of drug-likeness (QED) is 0.819. The number of ether oxygens (including phenoxy) is 1. The van der Waals surface area contributed by atoms with Crippen LogP contribution in [0.1, 0.15) is 30.9 Å². The Balaban J connectivity index is 2.22. The number of methoxy groups -OCH3 is 1. The molecule has 2 rings (SSSR count). The van der Waals surface area contributed by atoms with Crippen LogP contribution in [-0.2, 0) is 16.0 Å². The van der Waals surface area contributed by atoms with Crippen molar-refractivity contribution >= 4 is 12.0 Å². The summed E-state index contributed by atoms with van der Waals surface area (Å²) in [5, 5.41) is 0. The van der Waals surface area contributed by atoms with Crippen molar-refractivity contribution in [3.05, 3.63) is 71.5 Å². The molecule has 5 heteroatoms. The van der Waals surface area contributed by atoms with Crippen molar-refractivity contribution in [3.63, 3.8) is 0 Å². The van der Waals surface area contributed by atoms with Gasteiger partial charge in [-0.15, -0.1) is 0 Å². The highest BCUT2D eigenvalue weighted by Crippen LogP contribution is 2.21. The van der Waals surface area contributed by atoms with Crippen LogP contribution in [0, 0.1) is 5.82 Å². The Hall–Kier alpha value is -2.69. The number of rotatable bonds is 5. The zero-order valence-electron chi connectivity index (χ0n) is 14.6. The first-order chi connectivity index (χ1) is 11.9. The molecule has 0 spiro atoms. The van der Waals surface area contributed by atoms with Crippen molar-refractivity contribution in [2.24, 2.45) is 0 Å². The van der Waals surface area contributed by atoms with Crippen LogP contribution in [0.15, 0.2) is 54.6 Å². The maximum Gasteiger partial charge on any atom is 0.416 e. The van der Waals surface area contributed by atoms with Crippen LogP contribution in [0.2, 0.25) is 0 Å². The van der Waals surface area contributed by atoms with Gasteiger partial charge in [0.1, 0.15) is 5.82 Å². The molecule has 0 saturated carbocycles. The fourth-order valence-corrected chi connectivity index (χ4v) is 2.73. The minimum absolute atomic E-state index is 0.370. The summed E-state index contributed by atoms with van der Waals surface area (Å²) >= 11 is 0. The van der Waals surface area contributed by atoms with Gasteiger partial charge in [-0.25, -0.2) is 14.1 Å². The van der Waals surface area contributed by atoms with Gasteiger partial charge >= 0.3 is 6.09 Å². The third kappa shape index (κ3) is 4.66. The van der Waals surface area contributed by atoms with Gasteiger partial charge in [-0.1, -0.05) is 42.5 Å². The van der Waals surface area contributed by atoms with Crippen molar-refractivity contribution < 1.29 is 18.7 Å². The molecule has 0 fully saturated rings. The molecule has 132 valence electrons. The lowest BCUT2D eigenvalue weighted by Crippen LogP contribution is -2.46. The first-order valence-electron chi connectivity index (χ1n) is 8.14. The largest absolute Gasteiger partial charge is 0.452 e. The topological polar surface area (TPSA) is 46.6 Å². The Morgan fingerprint density at radius 2 is 1.64 bits per heavy atom. The zero-order chi connectivity index (χ0) is 18.4. The molecule has 2 aromatic rings. The fraction of sp³-hybridized carbons (Fsp3) is 0.300. The number of hydrogen-bond acceptors (Lipinski definition) is 3. The predicted molar refractivity (Wildman–Crippen MR) is 93.7 cm³/mol. The number of carbonyl (C=O) groups is 2. The second-order valence-electron chi connectivity index (χ2n) is 5.99. The summed E-state index contributed by atoms with van der Waals surface area (Å²) in [5.41, 5.74) is 1.67. The molecule has 0 saturated heterocycles. The van der Waals surface area contributed by atoms with Crippen LogP contribution < -0.4 is 0 Å². The van der Waals surface area contributed by atoms with Crippen LogP contribution in [0.25, 0.3) is 0 Å². The van der Waals surface area contributed by atoms with Crippen molar-refractivity contribution in [1.29, 1.82) is 0 Å². The van der Waals surface area contributed by atoms with Gasteiger partial charge in [-0.3, -0.25) is 4.79 Å². The SMILES string of the molecule is COC(=O)N(C(=O)[C@@H](C)c1ccc(F)cc1)[C@H](C)Cc1ccccc1. The highest BCUT2D eigenvalue weighted by Gasteiger charge is 2.32. The minimum Gasteiger partial charge on any atom is -0.452 e. The molecular weight excluding hydrogens is 321 g/mol. The van der Waals surface area contributed by atoms with Gasteiger partial charge in [0, 0.05) is 6.04 Å². The summed E-state index contributed by atoms with van der Waals surface area (Å²) < 4.78 is 17.9. The van der Waals surface area contributed by atoms with E-state index in [0.29, 0.717) is 12.0 Å². The molecule has 0 bridgehead atoms. The summed E-state index contributed by atoms with van der Waals surface area (Å²) in [4.78, 5) is 26.2. The van der Waals surface area contributed by atoms with Gasteiger partial charge < -0.3 is 4.74 Å². The van der Waals surface area contributed by atoms with Crippen LogP contribution >= 0.6 is 0 Å². The van der Waals surface area contributed by atoms with E-state index in [4.69, 9.17) is 4.74 Å². The number of hydrogen-bond donors (Lipinski definition) is 0. The lowest BCUT2D eigenvalue weighted by atomic mass is 9.98. The van der Waals surface area contributed by atoms with Crippen molar-refractivity contribution in [1.82, 2.24) is 4.90 Å². The molecule has 0 N–H and O–H groups in total. The van der Waals surface area contributed by atoms with E-state index in [1.54, 1.807) is 26.0 Å². The average Bonchev–Trinajstić information content (AvgIpc) is 2.62. The van der Waals surface area contributed by atoms with Crippen LogP contribution in [0.3, 0.4) is 0 Å². The molecule has 0 heterocycles. The van der Waals surface area contributed by atoms with Gasteiger partial charge in [0.2, 0.25) is 5.91 Å². The highest BCUT2D eigenvalue weighted by atomic mass is 19.1. The summed E-state index contributed by atoms with van der Waals surface area (Å²) in [6.07, 6.45) is -0.167. The maximum atomic E-state index is 13.1. The minimum atomic E-state index is -0.692. The standard InChI is InChI=1S/C20H22FNO3/c1-14(13-16-7-5-4-6-8-16)22(20(24)25-3)19(23)15(2)17-9-11-18(21)12-10-17/h4-12,14-15H,13H2,1-3H3/t14-,15+/m1/s1. The van der Waals surface area contributed by atoms with Gasteiger partial charge in [-0.2, -0.15) is 0 Å². The Morgan fingerprint density at radius 1 is 1.04 bits per heavy atom. The number of benzene rings is 2. The lowest BCUT2D eigenvalue weighted by molar-refractivity contribution is -0.132. The third-order valence-electron chi connectivity index (χ3n) is 4.16. The molecule has 4 nitrogen and oxygen atoms in total. The van der Waals surface area contributed by atoms with Gasteiger partial charge in [-0.05, 0) is 43.5 Å². The molecule has 0 aliphatic carbocycles. The lowest BCUT2D eigenvalue weighted by Gasteiger charge is -2.28.